The summed E-state index contributed by atoms with van der Waals surface area (Å²) in [6.45, 7) is 15.9. The Hall–Kier alpha value is -2.35. The Morgan fingerprint density at radius 2 is 1.64 bits per heavy atom. The fourth-order valence-electron chi connectivity index (χ4n) is 4.10. The molecular formula is C23H29N2+. The van der Waals surface area contributed by atoms with Crippen LogP contribution in [0.4, 0.5) is 11.4 Å². The summed E-state index contributed by atoms with van der Waals surface area (Å²) in [6.07, 6.45) is 5.30. The Labute approximate surface area is 152 Å². The van der Waals surface area contributed by atoms with E-state index in [1.807, 2.05) is 6.08 Å². The van der Waals surface area contributed by atoms with Crippen molar-refractivity contribution in [3.8, 4) is 0 Å². The molecule has 1 atom stereocenters. The van der Waals surface area contributed by atoms with Gasteiger partial charge in [0.25, 0.3) is 0 Å². The number of anilines is 1. The lowest BCUT2D eigenvalue weighted by Gasteiger charge is -2.15. The van der Waals surface area contributed by atoms with Crippen molar-refractivity contribution in [2.75, 3.05) is 11.4 Å². The van der Waals surface area contributed by atoms with Gasteiger partial charge in [0.2, 0.25) is 6.34 Å². The minimum Gasteiger partial charge on any atom is -0.229 e. The van der Waals surface area contributed by atoms with E-state index in [1.54, 1.807) is 0 Å². The van der Waals surface area contributed by atoms with Gasteiger partial charge in [-0.1, -0.05) is 41.5 Å². The summed E-state index contributed by atoms with van der Waals surface area (Å²) in [5.41, 5.74) is 9.27. The Bertz CT molecular complexity index is 822. The van der Waals surface area contributed by atoms with Gasteiger partial charge in [-0.15, -0.1) is 6.58 Å². The summed E-state index contributed by atoms with van der Waals surface area (Å²) in [4.78, 5) is 2.39. The largest absolute Gasteiger partial charge is 0.245 e. The number of hydrogen-bond donors (Lipinski definition) is 0. The summed E-state index contributed by atoms with van der Waals surface area (Å²) >= 11 is 0. The van der Waals surface area contributed by atoms with Crippen LogP contribution in [0.2, 0.25) is 0 Å². The van der Waals surface area contributed by atoms with Gasteiger partial charge in [-0.2, -0.15) is 0 Å². The third kappa shape index (κ3) is 3.39. The standard InChI is InChI=1S/C23H29N2/c1-7-8-21-14-24(22-10-9-16(2)11-18(22)4)15-25(21)23-19(5)12-17(3)13-20(23)6/h7,9-13,15,21H,1,8,14H2,2-6H3/q+1. The molecule has 0 spiro atoms. The Balaban J connectivity index is 2.08. The van der Waals surface area contributed by atoms with Crippen molar-refractivity contribution >= 4 is 17.7 Å². The molecule has 3 rings (SSSR count). The maximum Gasteiger partial charge on any atom is 0.245 e. The van der Waals surface area contributed by atoms with Gasteiger partial charge >= 0.3 is 0 Å². The number of rotatable bonds is 4. The maximum atomic E-state index is 3.98. The molecule has 0 aromatic heterocycles. The van der Waals surface area contributed by atoms with E-state index in [0.717, 1.165) is 13.0 Å². The molecule has 0 amide bonds. The van der Waals surface area contributed by atoms with Crippen molar-refractivity contribution in [3.63, 3.8) is 0 Å². The fourth-order valence-corrected chi connectivity index (χ4v) is 4.10. The summed E-state index contributed by atoms with van der Waals surface area (Å²) in [5, 5.41) is 0. The first-order chi connectivity index (χ1) is 11.9. The van der Waals surface area contributed by atoms with Crippen LogP contribution in [0.5, 0.6) is 0 Å². The third-order valence-corrected chi connectivity index (χ3v) is 5.06. The van der Waals surface area contributed by atoms with Gasteiger partial charge in [0.1, 0.15) is 24.0 Å². The zero-order chi connectivity index (χ0) is 18.1. The van der Waals surface area contributed by atoms with Crippen LogP contribution in [0.1, 0.15) is 34.2 Å². The Morgan fingerprint density at radius 3 is 2.24 bits per heavy atom. The molecule has 0 saturated heterocycles. The summed E-state index contributed by atoms with van der Waals surface area (Å²) in [5.74, 6) is 0. The molecule has 1 aliphatic heterocycles. The van der Waals surface area contributed by atoms with Crippen molar-refractivity contribution in [3.05, 3.63) is 70.8 Å². The summed E-state index contributed by atoms with van der Waals surface area (Å²) in [6, 6.07) is 11.7. The molecule has 0 saturated carbocycles. The van der Waals surface area contributed by atoms with Gasteiger partial charge in [-0.25, -0.2) is 9.48 Å². The number of hydrogen-bond acceptors (Lipinski definition) is 1. The van der Waals surface area contributed by atoms with Crippen molar-refractivity contribution < 1.29 is 4.58 Å². The van der Waals surface area contributed by atoms with E-state index in [9.17, 15) is 0 Å². The van der Waals surface area contributed by atoms with Crippen molar-refractivity contribution in [1.29, 1.82) is 0 Å². The molecule has 0 radical (unpaired) electrons. The monoisotopic (exact) mass is 333 g/mol. The van der Waals surface area contributed by atoms with Gasteiger partial charge in [0.05, 0.1) is 0 Å². The molecule has 1 unspecified atom stereocenters. The molecule has 2 heteroatoms. The predicted molar refractivity (Wildman–Crippen MR) is 109 cm³/mol. The fraction of sp³-hybridized carbons (Fsp3) is 0.348. The molecule has 2 aromatic carbocycles. The first kappa shape index (κ1) is 17.5. The summed E-state index contributed by atoms with van der Waals surface area (Å²) < 4.78 is 2.45. The van der Waals surface area contributed by atoms with Gasteiger partial charge in [0.15, 0.2) is 0 Å². The minimum atomic E-state index is 0.415. The average Bonchev–Trinajstić information content (AvgIpc) is 2.90. The highest BCUT2D eigenvalue weighted by atomic mass is 15.3. The minimum absolute atomic E-state index is 0.415. The average molecular weight is 333 g/mol. The molecule has 25 heavy (non-hydrogen) atoms. The van der Waals surface area contributed by atoms with Crippen LogP contribution < -0.4 is 4.90 Å². The lowest BCUT2D eigenvalue weighted by atomic mass is 10.0. The molecule has 1 heterocycles. The topological polar surface area (TPSA) is 6.25 Å². The second kappa shape index (κ2) is 6.87. The Kier molecular flexibility index (Phi) is 4.80. The highest BCUT2D eigenvalue weighted by molar-refractivity contribution is 5.80. The normalized spacial score (nSPS) is 16.9. The van der Waals surface area contributed by atoms with Crippen molar-refractivity contribution in [2.45, 2.75) is 47.1 Å². The molecular weight excluding hydrogens is 304 g/mol. The first-order valence-electron chi connectivity index (χ1n) is 9.06. The van der Waals surface area contributed by atoms with Crippen LogP contribution in [-0.4, -0.2) is 23.5 Å². The van der Waals surface area contributed by atoms with Crippen LogP contribution in [0.3, 0.4) is 0 Å². The molecule has 130 valence electrons. The Morgan fingerprint density at radius 1 is 1.00 bits per heavy atom. The number of nitrogens with zero attached hydrogens (tertiary/aromatic N) is 2. The van der Waals surface area contributed by atoms with E-state index in [1.165, 1.54) is 39.2 Å². The van der Waals surface area contributed by atoms with Crippen LogP contribution >= 0.6 is 0 Å². The quantitative estimate of drug-likeness (QED) is 0.539. The van der Waals surface area contributed by atoms with E-state index < -0.39 is 0 Å². The number of aryl methyl sites for hydroxylation is 5. The summed E-state index contributed by atoms with van der Waals surface area (Å²) in [7, 11) is 0. The van der Waals surface area contributed by atoms with Gasteiger partial charge in [-0.3, -0.25) is 0 Å². The molecule has 0 N–H and O–H groups in total. The SMILES string of the molecule is C=CCC1CN(c2ccc(C)cc2C)C=[N+]1c1c(C)cc(C)cc1C. The van der Waals surface area contributed by atoms with Gasteiger partial charge < -0.3 is 0 Å². The van der Waals surface area contributed by atoms with Crippen LogP contribution in [0.15, 0.2) is 43.0 Å². The van der Waals surface area contributed by atoms with Crippen LogP contribution in [0, 0.1) is 34.6 Å². The molecule has 1 aliphatic rings. The zero-order valence-electron chi connectivity index (χ0n) is 16.1. The maximum absolute atomic E-state index is 3.98. The lowest BCUT2D eigenvalue weighted by Crippen LogP contribution is -2.25. The van der Waals surface area contributed by atoms with Gasteiger partial charge in [-0.05, 0) is 57.4 Å². The van der Waals surface area contributed by atoms with Crippen LogP contribution in [0.25, 0.3) is 0 Å². The van der Waals surface area contributed by atoms with E-state index >= 15 is 0 Å². The molecule has 0 fully saturated rings. The number of benzene rings is 2. The second-order valence-corrected chi connectivity index (χ2v) is 7.39. The molecule has 0 aliphatic carbocycles. The van der Waals surface area contributed by atoms with Crippen molar-refractivity contribution in [2.24, 2.45) is 0 Å². The molecule has 0 bridgehead atoms. The smallest absolute Gasteiger partial charge is 0.229 e. The predicted octanol–water partition coefficient (Wildman–Crippen LogP) is 5.37. The first-order valence-corrected chi connectivity index (χ1v) is 9.06. The van der Waals surface area contributed by atoms with Gasteiger partial charge in [0, 0.05) is 6.42 Å². The van der Waals surface area contributed by atoms with E-state index in [-0.39, 0.29) is 0 Å². The molecule has 2 aromatic rings. The highest BCUT2D eigenvalue weighted by Gasteiger charge is 2.34. The second-order valence-electron chi connectivity index (χ2n) is 7.39. The van der Waals surface area contributed by atoms with Crippen LogP contribution in [-0.2, 0) is 0 Å². The molecule has 2 nitrogen and oxygen atoms in total. The lowest BCUT2D eigenvalue weighted by molar-refractivity contribution is -0.468. The van der Waals surface area contributed by atoms with E-state index in [0.29, 0.717) is 6.04 Å². The third-order valence-electron chi connectivity index (χ3n) is 5.06. The van der Waals surface area contributed by atoms with Crippen molar-refractivity contribution in [1.82, 2.24) is 0 Å². The van der Waals surface area contributed by atoms with E-state index in [2.05, 4.69) is 87.3 Å². The zero-order valence-corrected chi connectivity index (χ0v) is 16.1. The highest BCUT2D eigenvalue weighted by Crippen LogP contribution is 2.31. The van der Waals surface area contributed by atoms with E-state index in [4.69, 9.17) is 0 Å².